The molecule has 0 saturated heterocycles. The molecule has 6 heteroatoms. The van der Waals surface area contributed by atoms with E-state index in [0.29, 0.717) is 37.0 Å². The van der Waals surface area contributed by atoms with Gasteiger partial charge in [-0.15, -0.1) is 12.1 Å². The van der Waals surface area contributed by atoms with E-state index in [1.54, 1.807) is 12.1 Å². The van der Waals surface area contributed by atoms with Crippen molar-refractivity contribution in [3.8, 4) is 52.0 Å². The van der Waals surface area contributed by atoms with Crippen LogP contribution < -0.4 is 9.92 Å². The third-order valence-electron chi connectivity index (χ3n) is 7.45. The Labute approximate surface area is 284 Å². The number of hydrogen-bond donors (Lipinski definition) is 0. The third-order valence-corrected chi connectivity index (χ3v) is 10.4. The first kappa shape index (κ1) is 34.0. The van der Waals surface area contributed by atoms with Gasteiger partial charge in [0.15, 0.2) is 5.78 Å². The van der Waals surface area contributed by atoms with Crippen molar-refractivity contribution in [3.05, 3.63) is 95.0 Å². The van der Waals surface area contributed by atoms with Crippen molar-refractivity contribution in [1.82, 2.24) is 0 Å². The van der Waals surface area contributed by atoms with Crippen LogP contribution in [0.3, 0.4) is 0 Å². The minimum atomic E-state index is -1.76. The summed E-state index contributed by atoms with van der Waals surface area (Å²) in [6.45, 7) is 18.6. The predicted molar refractivity (Wildman–Crippen MR) is 199 cm³/mol. The van der Waals surface area contributed by atoms with E-state index in [1.165, 1.54) is 5.19 Å². The van der Waals surface area contributed by atoms with E-state index in [-0.39, 0.29) is 11.6 Å². The second-order valence-electron chi connectivity index (χ2n) is 13.5. The Hall–Kier alpha value is -4.39. The van der Waals surface area contributed by atoms with Gasteiger partial charge in [-0.25, -0.2) is 0 Å². The number of fused-ring (bicyclic) bond motifs is 4. The first-order chi connectivity index (χ1) is 22.8. The Balaban J connectivity index is 0.000000217. The number of hydrogen-bond acceptors (Lipinski definition) is 4. The maximum absolute atomic E-state index is 13.1. The molecule has 240 valence electrons. The van der Waals surface area contributed by atoms with E-state index >= 15 is 0 Å². The Bertz CT molecular complexity index is 1910. The Morgan fingerprint density at radius 1 is 1.02 bits per heavy atom. The van der Waals surface area contributed by atoms with Gasteiger partial charge in [-0.05, 0) is 77.1 Å². The normalized spacial score (nSPS) is 12.8. The van der Waals surface area contributed by atoms with Gasteiger partial charge in [-0.2, -0.15) is 0 Å². The summed E-state index contributed by atoms with van der Waals surface area (Å²) in [5.74, 6) is 15.0. The molecule has 47 heavy (non-hydrogen) atoms. The minimum absolute atomic E-state index is 0.0925. The lowest BCUT2D eigenvalue weighted by molar-refractivity contribution is 0.104. The van der Waals surface area contributed by atoms with Gasteiger partial charge in [0, 0.05) is 35.3 Å². The van der Waals surface area contributed by atoms with Crippen LogP contribution in [0, 0.1) is 35.1 Å². The van der Waals surface area contributed by atoms with Gasteiger partial charge in [0.1, 0.15) is 13.8 Å². The molecule has 0 atom stereocenters. The van der Waals surface area contributed by atoms with Crippen LogP contribution in [0.2, 0.25) is 39.3 Å². The molecule has 1 aliphatic heterocycles. The van der Waals surface area contributed by atoms with Gasteiger partial charge in [0.25, 0.3) is 0 Å². The van der Waals surface area contributed by atoms with Gasteiger partial charge in [-0.1, -0.05) is 93.6 Å². The molecule has 0 amide bonds. The van der Waals surface area contributed by atoms with Crippen LogP contribution in [-0.2, 0) is 11.2 Å². The van der Waals surface area contributed by atoms with Crippen molar-refractivity contribution in [2.45, 2.75) is 65.0 Å². The van der Waals surface area contributed by atoms with E-state index < -0.39 is 16.1 Å². The van der Waals surface area contributed by atoms with Gasteiger partial charge in [0.05, 0.1) is 22.7 Å². The largest absolute Gasteiger partial charge is 0.493 e. The van der Waals surface area contributed by atoms with Crippen LogP contribution in [0.5, 0.6) is 5.75 Å². The molecular weight excluding hydrogens is 613 g/mol. The molecule has 3 aromatic rings. The van der Waals surface area contributed by atoms with Crippen molar-refractivity contribution >= 4 is 32.9 Å². The first-order valence-corrected chi connectivity index (χ1v) is 23.2. The Kier molecular flexibility index (Phi) is 11.5. The van der Waals surface area contributed by atoms with E-state index in [1.807, 2.05) is 42.5 Å². The fraction of sp³-hybridized carbons (Fsp3) is 0.317. The molecule has 3 aromatic carbocycles. The molecule has 0 bridgehead atoms. The van der Waals surface area contributed by atoms with E-state index in [2.05, 4.69) is 81.0 Å². The van der Waals surface area contributed by atoms with Crippen LogP contribution in [0.25, 0.3) is 11.1 Å². The molecule has 0 fully saturated rings. The lowest BCUT2D eigenvalue weighted by Crippen LogP contribution is -2.44. The molecule has 5 rings (SSSR count). The molecule has 0 aromatic heterocycles. The zero-order valence-electron chi connectivity index (χ0n) is 29.5. The highest BCUT2D eigenvalue weighted by atomic mass is 28.3. The number of ether oxygens (including phenoxy) is 2. The fourth-order valence-corrected chi connectivity index (χ4v) is 8.07. The molecule has 1 heterocycles. The molecule has 0 unspecified atom stereocenters. The summed E-state index contributed by atoms with van der Waals surface area (Å²) < 4.78 is 19.8. The summed E-state index contributed by atoms with van der Waals surface area (Å²) in [6, 6.07) is 15.3. The molecule has 1 aliphatic carbocycles. The summed E-state index contributed by atoms with van der Waals surface area (Å²) in [5.41, 5.74) is 8.65. The Morgan fingerprint density at radius 3 is 2.47 bits per heavy atom. The number of unbranched alkanes of at least 4 members (excludes halogenated alkanes) is 1. The summed E-state index contributed by atoms with van der Waals surface area (Å²) in [6.07, 6.45) is 5.20. The smallest absolute Gasteiger partial charge is 0.236 e. The highest BCUT2D eigenvalue weighted by molar-refractivity contribution is 6.90. The van der Waals surface area contributed by atoms with E-state index in [9.17, 15) is 9.59 Å². The van der Waals surface area contributed by atoms with Crippen LogP contribution in [-0.4, -0.2) is 47.5 Å². The molecular formula is C41H44O4Si2. The third kappa shape index (κ3) is 9.34. The lowest BCUT2D eigenvalue weighted by Gasteiger charge is -2.29. The van der Waals surface area contributed by atoms with Gasteiger partial charge in [-0.3, -0.25) is 9.59 Å². The standard InChI is InChI=1S/C22H24O2Si.C19H20O2Si/c1-5-17-24-18-12-8-6-7-9-13-20-14-10-11-15-21(20)22(23)16-19-25(2,3)4;1-22(2,3)19-14-9-6-10-21-16(14)11-15-12-7-4-5-8-13(12)18(20)17(15)19/h5,10-11,14-15H,1,8,12,17-18H2,2-4H3;4-5,7-8,11H,6,9-10H2,1-3H3/i;11D. The molecule has 0 saturated carbocycles. The van der Waals surface area contributed by atoms with E-state index in [0.717, 1.165) is 59.3 Å². The van der Waals surface area contributed by atoms with Gasteiger partial charge < -0.3 is 9.47 Å². The Morgan fingerprint density at radius 2 is 1.74 bits per heavy atom. The molecule has 0 N–H and O–H groups in total. The quantitative estimate of drug-likeness (QED) is 0.0668. The number of carbonyl (C=O) groups is 2. The number of rotatable bonds is 7. The maximum atomic E-state index is 13.1. The molecule has 0 radical (unpaired) electrons. The van der Waals surface area contributed by atoms with E-state index in [4.69, 9.17) is 10.8 Å². The fourth-order valence-electron chi connectivity index (χ4n) is 5.45. The summed E-state index contributed by atoms with van der Waals surface area (Å²) in [5, 5.41) is 1.21. The SMILES string of the molecule is C=CCOCCCC#CC#Cc1ccccc1C(=O)C#C[Si](C)(C)C.[2H]c1c2c(c([Si](C)(C)C)c3c1-c1ccccc1C3=O)CCCO2. The molecule has 4 nitrogen and oxygen atoms in total. The van der Waals surface area contributed by atoms with Crippen molar-refractivity contribution in [2.24, 2.45) is 0 Å². The van der Waals surface area contributed by atoms with Crippen LogP contribution in [0.15, 0.2) is 67.2 Å². The second kappa shape index (κ2) is 15.9. The maximum Gasteiger partial charge on any atom is 0.236 e. The highest BCUT2D eigenvalue weighted by Crippen LogP contribution is 2.41. The number of ketones is 2. The average molecular weight is 658 g/mol. The van der Waals surface area contributed by atoms with Crippen LogP contribution in [0.4, 0.5) is 0 Å². The zero-order chi connectivity index (χ0) is 34.9. The van der Waals surface area contributed by atoms with Gasteiger partial charge in [0.2, 0.25) is 5.78 Å². The van der Waals surface area contributed by atoms with Crippen molar-refractivity contribution in [3.63, 3.8) is 0 Å². The van der Waals surface area contributed by atoms with Crippen LogP contribution in [0.1, 0.15) is 58.0 Å². The summed E-state index contributed by atoms with van der Waals surface area (Å²) in [4.78, 5) is 25.4. The monoisotopic (exact) mass is 657 g/mol. The second-order valence-corrected chi connectivity index (χ2v) is 23.3. The van der Waals surface area contributed by atoms with Gasteiger partial charge >= 0.3 is 0 Å². The lowest BCUT2D eigenvalue weighted by atomic mass is 9.98. The molecule has 2 aliphatic rings. The highest BCUT2D eigenvalue weighted by Gasteiger charge is 2.37. The predicted octanol–water partition coefficient (Wildman–Crippen LogP) is 7.86. The van der Waals surface area contributed by atoms with Crippen molar-refractivity contribution in [1.29, 1.82) is 0 Å². The number of carbonyl (C=O) groups excluding carboxylic acids is 2. The summed E-state index contributed by atoms with van der Waals surface area (Å²) >= 11 is 0. The topological polar surface area (TPSA) is 52.6 Å². The van der Waals surface area contributed by atoms with Crippen molar-refractivity contribution in [2.75, 3.05) is 19.8 Å². The molecule has 0 spiro atoms. The number of Topliss-reactive ketones (excluding diaryl/α,β-unsaturated/α-hetero) is 1. The summed E-state index contributed by atoms with van der Waals surface area (Å²) in [7, 11) is -3.34. The first-order valence-electron chi connectivity index (χ1n) is 16.7. The van der Waals surface area contributed by atoms with Crippen molar-refractivity contribution < 1.29 is 20.4 Å². The minimum Gasteiger partial charge on any atom is -0.493 e. The van der Waals surface area contributed by atoms with Crippen LogP contribution >= 0.6 is 0 Å². The zero-order valence-corrected chi connectivity index (χ0v) is 30.5. The average Bonchev–Trinajstić information content (AvgIpc) is 3.34. The number of benzene rings is 3.